The van der Waals surface area contributed by atoms with Gasteiger partial charge in [0.1, 0.15) is 17.6 Å². The van der Waals surface area contributed by atoms with E-state index in [0.29, 0.717) is 18.1 Å². The SMILES string of the molecule is CC(C)(N)CNc1cccc(C#N)n1. The summed E-state index contributed by atoms with van der Waals surface area (Å²) >= 11 is 0. The molecule has 0 saturated carbocycles. The number of hydrogen-bond acceptors (Lipinski definition) is 4. The molecule has 1 aromatic heterocycles. The van der Waals surface area contributed by atoms with Gasteiger partial charge in [0, 0.05) is 12.1 Å². The molecular formula is C10H14N4. The van der Waals surface area contributed by atoms with Crippen LogP contribution >= 0.6 is 0 Å². The molecular weight excluding hydrogens is 176 g/mol. The van der Waals surface area contributed by atoms with Crippen LogP contribution in [-0.4, -0.2) is 17.1 Å². The van der Waals surface area contributed by atoms with E-state index >= 15 is 0 Å². The van der Waals surface area contributed by atoms with Crippen molar-refractivity contribution in [1.29, 1.82) is 5.26 Å². The number of anilines is 1. The average molecular weight is 190 g/mol. The van der Waals surface area contributed by atoms with E-state index in [1.165, 1.54) is 0 Å². The Morgan fingerprint density at radius 2 is 2.29 bits per heavy atom. The van der Waals surface area contributed by atoms with E-state index in [-0.39, 0.29) is 5.54 Å². The number of nitriles is 1. The first kappa shape index (κ1) is 10.5. The summed E-state index contributed by atoms with van der Waals surface area (Å²) in [6.45, 7) is 4.47. The Bertz CT molecular complexity index is 346. The molecule has 4 heteroatoms. The zero-order valence-corrected chi connectivity index (χ0v) is 8.41. The standard InChI is InChI=1S/C10H14N4/c1-10(2,12)7-13-9-5-3-4-8(6-11)14-9/h3-5H,7,12H2,1-2H3,(H,13,14). The van der Waals surface area contributed by atoms with Crippen LogP contribution in [0.2, 0.25) is 0 Å². The van der Waals surface area contributed by atoms with Crippen molar-refractivity contribution in [3.63, 3.8) is 0 Å². The van der Waals surface area contributed by atoms with Gasteiger partial charge in [0.15, 0.2) is 0 Å². The molecule has 0 radical (unpaired) electrons. The molecule has 0 atom stereocenters. The fourth-order valence-corrected chi connectivity index (χ4v) is 0.914. The molecule has 14 heavy (non-hydrogen) atoms. The third-order valence-corrected chi connectivity index (χ3v) is 1.59. The Kier molecular flexibility index (Phi) is 3.05. The highest BCUT2D eigenvalue weighted by Crippen LogP contribution is 2.05. The van der Waals surface area contributed by atoms with E-state index in [2.05, 4.69) is 10.3 Å². The lowest BCUT2D eigenvalue weighted by molar-refractivity contribution is 0.548. The Morgan fingerprint density at radius 1 is 1.57 bits per heavy atom. The highest BCUT2D eigenvalue weighted by atomic mass is 15.0. The molecule has 0 fully saturated rings. The van der Waals surface area contributed by atoms with Crippen LogP contribution in [0.4, 0.5) is 5.82 Å². The van der Waals surface area contributed by atoms with Crippen molar-refractivity contribution >= 4 is 5.82 Å². The highest BCUT2D eigenvalue weighted by molar-refractivity contribution is 5.38. The summed E-state index contributed by atoms with van der Waals surface area (Å²) in [6.07, 6.45) is 0. The Hall–Kier alpha value is -1.60. The smallest absolute Gasteiger partial charge is 0.142 e. The molecule has 0 aliphatic rings. The topological polar surface area (TPSA) is 74.7 Å². The molecule has 0 aromatic carbocycles. The van der Waals surface area contributed by atoms with Crippen LogP contribution in [0.5, 0.6) is 0 Å². The molecule has 1 aromatic rings. The third-order valence-electron chi connectivity index (χ3n) is 1.59. The van der Waals surface area contributed by atoms with Crippen molar-refractivity contribution in [2.24, 2.45) is 5.73 Å². The summed E-state index contributed by atoms with van der Waals surface area (Å²) in [6, 6.07) is 7.25. The van der Waals surface area contributed by atoms with Gasteiger partial charge in [0.05, 0.1) is 0 Å². The number of hydrogen-bond donors (Lipinski definition) is 2. The van der Waals surface area contributed by atoms with Crippen LogP contribution in [-0.2, 0) is 0 Å². The maximum Gasteiger partial charge on any atom is 0.142 e. The Balaban J connectivity index is 2.65. The van der Waals surface area contributed by atoms with Gasteiger partial charge in [-0.2, -0.15) is 5.26 Å². The summed E-state index contributed by atoms with van der Waals surface area (Å²) in [5.74, 6) is 0.683. The van der Waals surface area contributed by atoms with Crippen molar-refractivity contribution in [2.45, 2.75) is 19.4 Å². The first-order valence-electron chi connectivity index (χ1n) is 4.41. The lowest BCUT2D eigenvalue weighted by atomic mass is 10.1. The van der Waals surface area contributed by atoms with Gasteiger partial charge in [-0.25, -0.2) is 4.98 Å². The predicted molar refractivity (Wildman–Crippen MR) is 55.7 cm³/mol. The predicted octanol–water partition coefficient (Wildman–Crippen LogP) is 1.10. The molecule has 1 heterocycles. The van der Waals surface area contributed by atoms with Gasteiger partial charge in [-0.3, -0.25) is 0 Å². The molecule has 3 N–H and O–H groups in total. The first-order chi connectivity index (χ1) is 6.51. The molecule has 4 nitrogen and oxygen atoms in total. The van der Waals surface area contributed by atoms with Gasteiger partial charge in [0.25, 0.3) is 0 Å². The van der Waals surface area contributed by atoms with Gasteiger partial charge >= 0.3 is 0 Å². The number of nitrogens with zero attached hydrogens (tertiary/aromatic N) is 2. The van der Waals surface area contributed by atoms with Crippen molar-refractivity contribution in [2.75, 3.05) is 11.9 Å². The van der Waals surface area contributed by atoms with Gasteiger partial charge in [-0.05, 0) is 26.0 Å². The average Bonchev–Trinajstić information content (AvgIpc) is 2.14. The van der Waals surface area contributed by atoms with Crippen LogP contribution < -0.4 is 11.1 Å². The zero-order valence-electron chi connectivity index (χ0n) is 8.41. The van der Waals surface area contributed by atoms with Gasteiger partial charge < -0.3 is 11.1 Å². The zero-order chi connectivity index (χ0) is 10.6. The summed E-state index contributed by atoms with van der Waals surface area (Å²) in [7, 11) is 0. The minimum absolute atomic E-state index is 0.287. The van der Waals surface area contributed by atoms with Crippen molar-refractivity contribution in [3.05, 3.63) is 23.9 Å². The summed E-state index contributed by atoms with van der Waals surface area (Å²) < 4.78 is 0. The molecule has 74 valence electrons. The van der Waals surface area contributed by atoms with Crippen LogP contribution in [0, 0.1) is 11.3 Å². The molecule has 0 unspecified atom stereocenters. The highest BCUT2D eigenvalue weighted by Gasteiger charge is 2.09. The second-order valence-corrected chi connectivity index (χ2v) is 3.86. The second kappa shape index (κ2) is 4.07. The fourth-order valence-electron chi connectivity index (χ4n) is 0.914. The number of nitrogens with one attached hydrogen (secondary N) is 1. The number of nitrogens with two attached hydrogens (primary N) is 1. The van der Waals surface area contributed by atoms with Gasteiger partial charge in [-0.15, -0.1) is 0 Å². The summed E-state index contributed by atoms with van der Waals surface area (Å²) in [5, 5.41) is 11.7. The van der Waals surface area contributed by atoms with Crippen molar-refractivity contribution in [1.82, 2.24) is 4.98 Å². The third kappa shape index (κ3) is 3.42. The van der Waals surface area contributed by atoms with Gasteiger partial charge in [0.2, 0.25) is 0 Å². The first-order valence-corrected chi connectivity index (χ1v) is 4.41. The number of pyridine rings is 1. The maximum atomic E-state index is 8.63. The van der Waals surface area contributed by atoms with E-state index in [1.807, 2.05) is 26.0 Å². The quantitative estimate of drug-likeness (QED) is 0.748. The molecule has 0 amide bonds. The van der Waals surface area contributed by atoms with E-state index in [0.717, 1.165) is 0 Å². The molecule has 0 saturated heterocycles. The lowest BCUT2D eigenvalue weighted by Crippen LogP contribution is -2.39. The van der Waals surface area contributed by atoms with Crippen molar-refractivity contribution < 1.29 is 0 Å². The van der Waals surface area contributed by atoms with Crippen LogP contribution in [0.3, 0.4) is 0 Å². The van der Waals surface area contributed by atoms with Crippen LogP contribution in [0.25, 0.3) is 0 Å². The van der Waals surface area contributed by atoms with E-state index in [9.17, 15) is 0 Å². The molecule has 0 bridgehead atoms. The minimum Gasteiger partial charge on any atom is -0.368 e. The normalized spacial score (nSPS) is 10.7. The van der Waals surface area contributed by atoms with E-state index in [1.54, 1.807) is 12.1 Å². The molecule has 0 aliphatic carbocycles. The maximum absolute atomic E-state index is 8.63. The largest absolute Gasteiger partial charge is 0.368 e. The molecule has 0 aliphatic heterocycles. The Morgan fingerprint density at radius 3 is 2.86 bits per heavy atom. The van der Waals surface area contributed by atoms with E-state index < -0.39 is 0 Å². The second-order valence-electron chi connectivity index (χ2n) is 3.86. The minimum atomic E-state index is -0.287. The summed E-state index contributed by atoms with van der Waals surface area (Å²) in [4.78, 5) is 4.07. The monoisotopic (exact) mass is 190 g/mol. The number of aromatic nitrogens is 1. The summed E-state index contributed by atoms with van der Waals surface area (Å²) in [5.41, 5.74) is 5.92. The van der Waals surface area contributed by atoms with Crippen LogP contribution in [0.15, 0.2) is 18.2 Å². The van der Waals surface area contributed by atoms with Crippen molar-refractivity contribution in [3.8, 4) is 6.07 Å². The Labute approximate surface area is 83.8 Å². The fraction of sp³-hybridized carbons (Fsp3) is 0.400. The molecule has 1 rings (SSSR count). The molecule has 0 spiro atoms. The van der Waals surface area contributed by atoms with E-state index in [4.69, 9.17) is 11.0 Å². The van der Waals surface area contributed by atoms with Crippen LogP contribution in [0.1, 0.15) is 19.5 Å². The lowest BCUT2D eigenvalue weighted by Gasteiger charge is -2.19. The van der Waals surface area contributed by atoms with Gasteiger partial charge in [-0.1, -0.05) is 6.07 Å². The number of rotatable bonds is 3.